The molecule has 1 unspecified atom stereocenters. The molecule has 1 aromatic carbocycles. The maximum absolute atomic E-state index is 12.8. The van der Waals surface area contributed by atoms with Crippen LogP contribution in [-0.2, 0) is 19.4 Å². The van der Waals surface area contributed by atoms with Gasteiger partial charge >= 0.3 is 6.18 Å². The molecule has 11 heteroatoms. The molecular weight excluding hydrogens is 332 g/mol. The third-order valence-corrected chi connectivity index (χ3v) is 4.35. The predicted molar refractivity (Wildman–Crippen MR) is 66.7 cm³/mol. The summed E-state index contributed by atoms with van der Waals surface area (Å²) in [5.74, 6) is -3.55. The Morgan fingerprint density at radius 2 is 1.95 bits per heavy atom. The quantitative estimate of drug-likeness (QED) is 0.793. The Bertz CT molecular complexity index is 745. The zero-order valence-electron chi connectivity index (χ0n) is 10.6. The molecule has 0 spiro atoms. The third-order valence-electron chi connectivity index (χ3n) is 2.70. The van der Waals surface area contributed by atoms with Crippen LogP contribution in [-0.4, -0.2) is 38.3 Å². The molecule has 1 heterocycles. The van der Waals surface area contributed by atoms with Crippen molar-refractivity contribution in [3.05, 3.63) is 18.2 Å². The number of carbonyl (C=O) groups excluding carboxylic acids is 2. The second kappa shape index (κ2) is 5.23. The average molecular weight is 340 g/mol. The van der Waals surface area contributed by atoms with Gasteiger partial charge in [0.05, 0.1) is 10.6 Å². The highest BCUT2D eigenvalue weighted by atomic mass is 32.2. The number of benzene rings is 1. The minimum Gasteiger partial charge on any atom is -0.324 e. The SMILES string of the molecule is O=C1CS(=O)(=O)c2cc(NC(=O)C(F)C(F)(F)F)ccc2N1. The number of sulfone groups is 1. The van der Waals surface area contributed by atoms with Crippen LogP contribution in [0, 0.1) is 0 Å². The number of alkyl halides is 4. The van der Waals surface area contributed by atoms with Gasteiger partial charge in [-0.05, 0) is 18.2 Å². The van der Waals surface area contributed by atoms with Crippen LogP contribution in [0.3, 0.4) is 0 Å². The van der Waals surface area contributed by atoms with Crippen molar-refractivity contribution in [2.75, 3.05) is 16.4 Å². The van der Waals surface area contributed by atoms with Crippen molar-refractivity contribution < 1.29 is 35.6 Å². The second-order valence-electron chi connectivity index (χ2n) is 4.41. The zero-order valence-corrected chi connectivity index (χ0v) is 11.4. The Morgan fingerprint density at radius 3 is 2.55 bits per heavy atom. The molecule has 0 bridgehead atoms. The molecule has 2 amide bonds. The van der Waals surface area contributed by atoms with E-state index in [4.69, 9.17) is 0 Å². The van der Waals surface area contributed by atoms with Gasteiger partial charge in [-0.3, -0.25) is 9.59 Å². The summed E-state index contributed by atoms with van der Waals surface area (Å²) in [7, 11) is -3.98. The van der Waals surface area contributed by atoms with E-state index in [2.05, 4.69) is 5.32 Å². The lowest BCUT2D eigenvalue weighted by Crippen LogP contribution is -2.37. The summed E-state index contributed by atoms with van der Waals surface area (Å²) in [6, 6.07) is 2.98. The highest BCUT2D eigenvalue weighted by Gasteiger charge is 2.45. The molecule has 1 atom stereocenters. The Labute approximate surface area is 121 Å². The van der Waals surface area contributed by atoms with Gasteiger partial charge in [0.1, 0.15) is 5.75 Å². The molecule has 0 fully saturated rings. The molecule has 0 aromatic heterocycles. The summed E-state index contributed by atoms with van der Waals surface area (Å²) in [6.45, 7) is 0. The normalized spacial score (nSPS) is 18.1. The molecule has 22 heavy (non-hydrogen) atoms. The van der Waals surface area contributed by atoms with Crippen LogP contribution in [0.5, 0.6) is 0 Å². The van der Waals surface area contributed by atoms with Crippen LogP contribution in [0.1, 0.15) is 0 Å². The summed E-state index contributed by atoms with van der Waals surface area (Å²) in [4.78, 5) is 21.9. The van der Waals surface area contributed by atoms with Crippen molar-refractivity contribution in [3.63, 3.8) is 0 Å². The Hall–Kier alpha value is -2.17. The van der Waals surface area contributed by atoms with Crippen LogP contribution in [0.4, 0.5) is 28.9 Å². The zero-order chi connectivity index (χ0) is 16.7. The van der Waals surface area contributed by atoms with Crippen LogP contribution >= 0.6 is 0 Å². The number of nitrogens with one attached hydrogen (secondary N) is 2. The van der Waals surface area contributed by atoms with Gasteiger partial charge in [0.2, 0.25) is 5.91 Å². The van der Waals surface area contributed by atoms with E-state index < -0.39 is 39.8 Å². The number of anilines is 2. The number of rotatable bonds is 2. The van der Waals surface area contributed by atoms with Crippen molar-refractivity contribution in [1.82, 2.24) is 0 Å². The van der Waals surface area contributed by atoms with Gasteiger partial charge in [0, 0.05) is 5.69 Å². The molecule has 2 rings (SSSR count). The number of hydrogen-bond donors (Lipinski definition) is 2. The lowest BCUT2D eigenvalue weighted by Gasteiger charge is -2.18. The molecule has 0 saturated carbocycles. The lowest BCUT2D eigenvalue weighted by molar-refractivity contribution is -0.183. The smallest absolute Gasteiger partial charge is 0.324 e. The van der Waals surface area contributed by atoms with Crippen molar-refractivity contribution in [3.8, 4) is 0 Å². The summed E-state index contributed by atoms with van der Waals surface area (Å²) in [6.07, 6.45) is -9.10. The summed E-state index contributed by atoms with van der Waals surface area (Å²) >= 11 is 0. The van der Waals surface area contributed by atoms with Crippen molar-refractivity contribution in [1.29, 1.82) is 0 Å². The fraction of sp³-hybridized carbons (Fsp3) is 0.273. The number of halogens is 4. The number of amides is 2. The molecule has 6 nitrogen and oxygen atoms in total. The topological polar surface area (TPSA) is 92.3 Å². The van der Waals surface area contributed by atoms with E-state index in [1.807, 2.05) is 0 Å². The summed E-state index contributed by atoms with van der Waals surface area (Å²) < 4.78 is 72.6. The molecule has 1 aliphatic heterocycles. The van der Waals surface area contributed by atoms with Crippen LogP contribution in [0.25, 0.3) is 0 Å². The lowest BCUT2D eigenvalue weighted by atomic mass is 10.2. The number of fused-ring (bicyclic) bond motifs is 1. The maximum Gasteiger partial charge on any atom is 0.428 e. The molecule has 0 saturated heterocycles. The van der Waals surface area contributed by atoms with E-state index in [-0.39, 0.29) is 16.3 Å². The summed E-state index contributed by atoms with van der Waals surface area (Å²) in [5, 5.41) is 3.89. The van der Waals surface area contributed by atoms with Gasteiger partial charge in [-0.15, -0.1) is 0 Å². The van der Waals surface area contributed by atoms with E-state index >= 15 is 0 Å². The van der Waals surface area contributed by atoms with Gasteiger partial charge in [-0.1, -0.05) is 0 Å². The average Bonchev–Trinajstić information content (AvgIpc) is 2.36. The number of hydrogen-bond acceptors (Lipinski definition) is 4. The predicted octanol–water partition coefficient (Wildman–Crippen LogP) is 1.25. The van der Waals surface area contributed by atoms with E-state index in [9.17, 15) is 35.6 Å². The maximum atomic E-state index is 12.8. The highest BCUT2D eigenvalue weighted by Crippen LogP contribution is 2.30. The largest absolute Gasteiger partial charge is 0.428 e. The first-order chi connectivity index (χ1) is 10.0. The Morgan fingerprint density at radius 1 is 1.32 bits per heavy atom. The monoisotopic (exact) mass is 340 g/mol. The van der Waals surface area contributed by atoms with Crippen molar-refractivity contribution >= 4 is 33.0 Å². The van der Waals surface area contributed by atoms with Gasteiger partial charge in [-0.25, -0.2) is 12.8 Å². The van der Waals surface area contributed by atoms with E-state index in [1.54, 1.807) is 5.32 Å². The molecule has 120 valence electrons. The standard InChI is InChI=1S/C11H8F4N2O4S/c12-9(11(13,14)15)10(19)16-5-1-2-6-7(3-5)22(20,21)4-8(18)17-6/h1-3,9H,4H2,(H,16,19)(H,17,18). The summed E-state index contributed by atoms with van der Waals surface area (Å²) in [5.41, 5.74) is -0.405. The van der Waals surface area contributed by atoms with E-state index in [0.29, 0.717) is 0 Å². The van der Waals surface area contributed by atoms with Gasteiger partial charge in [-0.2, -0.15) is 13.2 Å². The van der Waals surface area contributed by atoms with E-state index in [1.165, 1.54) is 0 Å². The van der Waals surface area contributed by atoms with Crippen molar-refractivity contribution in [2.45, 2.75) is 17.2 Å². The minimum absolute atomic E-state index is 0.0677. The van der Waals surface area contributed by atoms with E-state index in [0.717, 1.165) is 18.2 Å². The van der Waals surface area contributed by atoms with Crippen LogP contribution in [0.15, 0.2) is 23.1 Å². The molecule has 0 radical (unpaired) electrons. The molecule has 0 aliphatic carbocycles. The third kappa shape index (κ3) is 3.18. The second-order valence-corrected chi connectivity index (χ2v) is 6.37. The van der Waals surface area contributed by atoms with Crippen LogP contribution < -0.4 is 10.6 Å². The highest BCUT2D eigenvalue weighted by molar-refractivity contribution is 7.92. The van der Waals surface area contributed by atoms with Crippen LogP contribution in [0.2, 0.25) is 0 Å². The Kier molecular flexibility index (Phi) is 3.85. The fourth-order valence-electron chi connectivity index (χ4n) is 1.75. The Balaban J connectivity index is 2.30. The molecule has 1 aromatic rings. The van der Waals surface area contributed by atoms with Crippen molar-refractivity contribution in [2.24, 2.45) is 0 Å². The fourth-order valence-corrected chi connectivity index (χ4v) is 3.09. The van der Waals surface area contributed by atoms with Gasteiger partial charge < -0.3 is 10.6 Å². The number of carbonyl (C=O) groups is 2. The molecular formula is C11H8F4N2O4S. The van der Waals surface area contributed by atoms with Gasteiger partial charge in [0.25, 0.3) is 12.1 Å². The molecule has 2 N–H and O–H groups in total. The first-order valence-electron chi connectivity index (χ1n) is 5.69. The van der Waals surface area contributed by atoms with Gasteiger partial charge in [0.15, 0.2) is 9.84 Å². The first kappa shape index (κ1) is 16.2. The minimum atomic E-state index is -5.36. The first-order valence-corrected chi connectivity index (χ1v) is 7.34. The molecule has 1 aliphatic rings.